The second-order valence-corrected chi connectivity index (χ2v) is 6.13. The molecule has 1 N–H and O–H groups in total. The van der Waals surface area contributed by atoms with E-state index in [4.69, 9.17) is 9.47 Å². The molecule has 0 aliphatic heterocycles. The molecule has 0 unspecified atom stereocenters. The molecule has 0 spiro atoms. The molecule has 0 saturated heterocycles. The molecule has 0 aliphatic rings. The zero-order valence-electron chi connectivity index (χ0n) is 16.4. The Morgan fingerprint density at radius 3 is 2.66 bits per heavy atom. The first-order valence-corrected chi connectivity index (χ1v) is 9.44. The summed E-state index contributed by atoms with van der Waals surface area (Å²) in [7, 11) is 0. The van der Waals surface area contributed by atoms with Crippen LogP contribution in [0.25, 0.3) is 17.1 Å². The average molecular weight is 398 g/mol. The number of hydrogen-bond acceptors (Lipinski definition) is 5. The normalized spacial score (nSPS) is 10.7. The highest BCUT2D eigenvalue weighted by Gasteiger charge is 2.15. The lowest BCUT2D eigenvalue weighted by atomic mass is 10.2. The van der Waals surface area contributed by atoms with Gasteiger partial charge in [0.2, 0.25) is 5.91 Å². The molecule has 1 amide bonds. The molecule has 0 atom stereocenters. The predicted octanol–water partition coefficient (Wildman–Crippen LogP) is 3.84. The number of ether oxygens (including phenoxy) is 2. The Bertz CT molecular complexity index is 957. The highest BCUT2D eigenvalue weighted by atomic mass is 19.1. The molecule has 0 fully saturated rings. The Balaban J connectivity index is 1.95. The molecular weight excluding hydrogens is 375 g/mol. The van der Waals surface area contributed by atoms with Crippen molar-refractivity contribution in [2.45, 2.75) is 20.3 Å². The zero-order chi connectivity index (χ0) is 20.6. The highest BCUT2D eigenvalue weighted by Crippen LogP contribution is 2.25. The van der Waals surface area contributed by atoms with Gasteiger partial charge >= 0.3 is 6.01 Å². The highest BCUT2D eigenvalue weighted by molar-refractivity contribution is 5.90. The van der Waals surface area contributed by atoms with Crippen molar-refractivity contribution in [3.05, 3.63) is 54.3 Å². The third-order valence-electron chi connectivity index (χ3n) is 4.05. The summed E-state index contributed by atoms with van der Waals surface area (Å²) in [6, 6.07) is 13.4. The number of nitrogens with zero attached hydrogens (tertiary/aromatic N) is 3. The van der Waals surface area contributed by atoms with Crippen molar-refractivity contribution >= 4 is 11.6 Å². The van der Waals surface area contributed by atoms with Crippen molar-refractivity contribution in [2.75, 3.05) is 25.1 Å². The second-order valence-electron chi connectivity index (χ2n) is 6.13. The Hall–Kier alpha value is -3.26. The van der Waals surface area contributed by atoms with E-state index in [1.165, 1.54) is 12.1 Å². The van der Waals surface area contributed by atoms with E-state index in [-0.39, 0.29) is 17.7 Å². The van der Waals surface area contributed by atoms with E-state index in [2.05, 4.69) is 15.4 Å². The van der Waals surface area contributed by atoms with Crippen LogP contribution in [0.1, 0.15) is 20.3 Å². The summed E-state index contributed by atoms with van der Waals surface area (Å²) >= 11 is 0. The number of rotatable bonds is 9. The van der Waals surface area contributed by atoms with Crippen molar-refractivity contribution < 1.29 is 18.7 Å². The van der Waals surface area contributed by atoms with Crippen LogP contribution in [-0.2, 0) is 9.53 Å². The van der Waals surface area contributed by atoms with Gasteiger partial charge in [0.15, 0.2) is 5.82 Å². The number of benzene rings is 2. The largest absolute Gasteiger partial charge is 0.460 e. The molecule has 0 saturated carbocycles. The number of nitrogens with one attached hydrogen (secondary N) is 1. The first-order valence-electron chi connectivity index (χ1n) is 9.44. The first-order chi connectivity index (χ1) is 14.1. The molecule has 152 valence electrons. The number of carbonyl (C=O) groups is 1. The van der Waals surface area contributed by atoms with E-state index in [0.29, 0.717) is 49.0 Å². The van der Waals surface area contributed by atoms with Crippen LogP contribution in [0.15, 0.2) is 48.5 Å². The van der Waals surface area contributed by atoms with Gasteiger partial charge in [0.25, 0.3) is 0 Å². The monoisotopic (exact) mass is 398 g/mol. The molecule has 3 rings (SSSR count). The number of halogens is 1. The maximum atomic E-state index is 13.4. The van der Waals surface area contributed by atoms with Crippen LogP contribution in [0.5, 0.6) is 6.01 Å². The van der Waals surface area contributed by atoms with Gasteiger partial charge in [-0.1, -0.05) is 13.0 Å². The van der Waals surface area contributed by atoms with Crippen LogP contribution in [0.4, 0.5) is 10.1 Å². The first kappa shape index (κ1) is 20.5. The molecule has 2 aromatic carbocycles. The third kappa shape index (κ3) is 5.39. The van der Waals surface area contributed by atoms with Crippen LogP contribution in [0.2, 0.25) is 0 Å². The number of amides is 1. The molecule has 0 aliphatic carbocycles. The zero-order valence-corrected chi connectivity index (χ0v) is 16.4. The SMILES string of the molecule is CCOCCOc1nc(-c2ccc(F)cc2)n(-c2cccc(NC(=O)CC)c2)n1. The van der Waals surface area contributed by atoms with Crippen molar-refractivity contribution in [1.82, 2.24) is 14.8 Å². The van der Waals surface area contributed by atoms with Gasteiger partial charge in [-0.3, -0.25) is 4.79 Å². The summed E-state index contributed by atoms with van der Waals surface area (Å²) < 4.78 is 25.8. The van der Waals surface area contributed by atoms with E-state index >= 15 is 0 Å². The minimum Gasteiger partial charge on any atom is -0.460 e. The summed E-state index contributed by atoms with van der Waals surface area (Å²) in [6.07, 6.45) is 0.381. The Kier molecular flexibility index (Phi) is 6.91. The van der Waals surface area contributed by atoms with Crippen LogP contribution < -0.4 is 10.1 Å². The maximum absolute atomic E-state index is 13.4. The number of aromatic nitrogens is 3. The summed E-state index contributed by atoms with van der Waals surface area (Å²) in [4.78, 5) is 16.2. The predicted molar refractivity (Wildman–Crippen MR) is 108 cm³/mol. The molecule has 0 radical (unpaired) electrons. The minimum atomic E-state index is -0.336. The number of hydrogen-bond donors (Lipinski definition) is 1. The Morgan fingerprint density at radius 1 is 1.14 bits per heavy atom. The lowest BCUT2D eigenvalue weighted by Crippen LogP contribution is -2.10. The van der Waals surface area contributed by atoms with Gasteiger partial charge in [0.1, 0.15) is 12.4 Å². The van der Waals surface area contributed by atoms with Crippen molar-refractivity contribution in [2.24, 2.45) is 0 Å². The number of anilines is 1. The molecule has 7 nitrogen and oxygen atoms in total. The fourth-order valence-electron chi connectivity index (χ4n) is 2.62. The van der Waals surface area contributed by atoms with Crippen LogP contribution >= 0.6 is 0 Å². The smallest absolute Gasteiger partial charge is 0.336 e. The van der Waals surface area contributed by atoms with Crippen LogP contribution in [0, 0.1) is 5.82 Å². The molecule has 3 aromatic rings. The summed E-state index contributed by atoms with van der Waals surface area (Å²) in [5.41, 5.74) is 2.01. The van der Waals surface area contributed by atoms with Gasteiger partial charge in [-0.2, -0.15) is 4.98 Å². The standard InChI is InChI=1S/C21H23FN4O3/c1-3-19(27)23-17-6-5-7-18(14-17)26-20(15-8-10-16(22)11-9-15)24-21(25-26)29-13-12-28-4-2/h5-11,14H,3-4,12-13H2,1-2H3,(H,23,27). The molecule has 1 aromatic heterocycles. The van der Waals surface area contributed by atoms with E-state index in [0.717, 1.165) is 0 Å². The van der Waals surface area contributed by atoms with Gasteiger partial charge in [-0.05, 0) is 49.4 Å². The van der Waals surface area contributed by atoms with Gasteiger partial charge in [-0.25, -0.2) is 9.07 Å². The van der Waals surface area contributed by atoms with Gasteiger partial charge < -0.3 is 14.8 Å². The van der Waals surface area contributed by atoms with Crippen LogP contribution in [-0.4, -0.2) is 40.5 Å². The average Bonchev–Trinajstić information content (AvgIpc) is 3.16. The molecule has 8 heteroatoms. The third-order valence-corrected chi connectivity index (χ3v) is 4.05. The quantitative estimate of drug-likeness (QED) is 0.554. The summed E-state index contributed by atoms with van der Waals surface area (Å²) in [5.74, 6) is 0.0760. The Labute approximate surface area is 168 Å². The molecule has 29 heavy (non-hydrogen) atoms. The maximum Gasteiger partial charge on any atom is 0.336 e. The summed E-state index contributed by atoms with van der Waals surface area (Å²) in [6.45, 7) is 5.03. The summed E-state index contributed by atoms with van der Waals surface area (Å²) in [5, 5.41) is 7.26. The van der Waals surface area contributed by atoms with Crippen molar-refractivity contribution in [1.29, 1.82) is 0 Å². The van der Waals surface area contributed by atoms with E-state index in [1.54, 1.807) is 35.9 Å². The van der Waals surface area contributed by atoms with Gasteiger partial charge in [-0.15, -0.1) is 5.10 Å². The van der Waals surface area contributed by atoms with Gasteiger partial charge in [0.05, 0.1) is 12.3 Å². The Morgan fingerprint density at radius 2 is 1.93 bits per heavy atom. The number of carbonyl (C=O) groups excluding carboxylic acids is 1. The fourth-order valence-corrected chi connectivity index (χ4v) is 2.62. The van der Waals surface area contributed by atoms with Crippen molar-refractivity contribution in [3.63, 3.8) is 0 Å². The fraction of sp³-hybridized carbons (Fsp3) is 0.286. The minimum absolute atomic E-state index is 0.0838. The van der Waals surface area contributed by atoms with Gasteiger partial charge in [0, 0.05) is 24.3 Å². The van der Waals surface area contributed by atoms with E-state index in [1.807, 2.05) is 19.1 Å². The molecular formula is C21H23FN4O3. The lowest BCUT2D eigenvalue weighted by molar-refractivity contribution is -0.115. The molecule has 0 bridgehead atoms. The van der Waals surface area contributed by atoms with Crippen LogP contribution in [0.3, 0.4) is 0 Å². The lowest BCUT2D eigenvalue weighted by Gasteiger charge is -2.09. The van der Waals surface area contributed by atoms with E-state index < -0.39 is 0 Å². The topological polar surface area (TPSA) is 78.3 Å². The van der Waals surface area contributed by atoms with E-state index in [9.17, 15) is 9.18 Å². The van der Waals surface area contributed by atoms with Crippen molar-refractivity contribution in [3.8, 4) is 23.1 Å². The second kappa shape index (κ2) is 9.79. The molecule has 1 heterocycles.